The monoisotopic (exact) mass is 398 g/mol. The van der Waals surface area contributed by atoms with Crippen LogP contribution in [-0.2, 0) is 9.53 Å². The van der Waals surface area contributed by atoms with Crippen molar-refractivity contribution in [2.45, 2.75) is 12.8 Å². The van der Waals surface area contributed by atoms with E-state index in [0.29, 0.717) is 36.0 Å². The number of carbonyl (C=O) groups is 2. The zero-order valence-corrected chi connectivity index (χ0v) is 16.8. The first kappa shape index (κ1) is 20.7. The van der Waals surface area contributed by atoms with Crippen LogP contribution in [0.15, 0.2) is 42.5 Å². The van der Waals surface area contributed by atoms with Crippen LogP contribution < -0.4 is 19.7 Å². The van der Waals surface area contributed by atoms with Crippen molar-refractivity contribution in [3.05, 3.63) is 48.0 Å². The van der Waals surface area contributed by atoms with Gasteiger partial charge in [-0.1, -0.05) is 12.1 Å². The number of amides is 1. The van der Waals surface area contributed by atoms with E-state index in [1.807, 2.05) is 18.2 Å². The summed E-state index contributed by atoms with van der Waals surface area (Å²) in [4.78, 5) is 27.0. The van der Waals surface area contributed by atoms with Crippen LogP contribution >= 0.6 is 0 Å². The number of hydrogen-bond donors (Lipinski definition) is 1. The van der Waals surface area contributed by atoms with E-state index in [4.69, 9.17) is 14.2 Å². The van der Waals surface area contributed by atoms with Crippen LogP contribution in [0.5, 0.6) is 11.5 Å². The Morgan fingerprint density at radius 1 is 1.03 bits per heavy atom. The van der Waals surface area contributed by atoms with E-state index in [2.05, 4.69) is 10.2 Å². The Bertz CT molecular complexity index is 862. The minimum absolute atomic E-state index is 0.0843. The van der Waals surface area contributed by atoms with Gasteiger partial charge in [0.25, 0.3) is 0 Å². The summed E-state index contributed by atoms with van der Waals surface area (Å²) >= 11 is 0. The van der Waals surface area contributed by atoms with Crippen molar-refractivity contribution in [2.75, 3.05) is 50.7 Å². The average molecular weight is 398 g/mol. The summed E-state index contributed by atoms with van der Waals surface area (Å²) in [5, 5.41) is 2.87. The molecule has 0 aromatic heterocycles. The molecule has 1 aliphatic heterocycles. The van der Waals surface area contributed by atoms with E-state index < -0.39 is 0 Å². The van der Waals surface area contributed by atoms with Crippen molar-refractivity contribution in [2.24, 2.45) is 0 Å². The van der Waals surface area contributed by atoms with Crippen molar-refractivity contribution in [3.63, 3.8) is 0 Å². The molecule has 1 aliphatic rings. The summed E-state index contributed by atoms with van der Waals surface area (Å²) < 4.78 is 15.9. The molecular weight excluding hydrogens is 372 g/mol. The van der Waals surface area contributed by atoms with Crippen LogP contribution in [0.1, 0.15) is 23.2 Å². The van der Waals surface area contributed by atoms with Crippen molar-refractivity contribution in [1.82, 2.24) is 0 Å². The molecule has 154 valence electrons. The third-order valence-electron chi connectivity index (χ3n) is 4.80. The Morgan fingerprint density at radius 3 is 2.55 bits per heavy atom. The fraction of sp³-hybridized carbons (Fsp3) is 0.364. The van der Waals surface area contributed by atoms with E-state index in [1.165, 1.54) is 0 Å². The molecule has 2 aromatic rings. The van der Waals surface area contributed by atoms with Crippen LogP contribution in [-0.4, -0.2) is 52.2 Å². The first-order valence-electron chi connectivity index (χ1n) is 9.58. The maximum absolute atomic E-state index is 12.4. The molecule has 1 N–H and O–H groups in total. The molecule has 7 nitrogen and oxygen atoms in total. The zero-order chi connectivity index (χ0) is 20.6. The third-order valence-corrected chi connectivity index (χ3v) is 4.80. The highest BCUT2D eigenvalue weighted by molar-refractivity contribution is 6.00. The summed E-state index contributed by atoms with van der Waals surface area (Å²) in [7, 11) is 3.11. The smallest absolute Gasteiger partial charge is 0.224 e. The number of Topliss-reactive ketones (excluding diaryl/α,β-unsaturated/α-hetero) is 1. The molecule has 1 heterocycles. The second-order valence-electron chi connectivity index (χ2n) is 6.69. The highest BCUT2D eigenvalue weighted by Crippen LogP contribution is 2.30. The van der Waals surface area contributed by atoms with Gasteiger partial charge in [-0.25, -0.2) is 0 Å². The SMILES string of the molecule is COc1cccc(C(=O)CCC(=O)Nc2cc(N3CCOCC3)ccc2OC)c1. The molecule has 0 spiro atoms. The molecule has 2 aromatic carbocycles. The molecule has 3 rings (SSSR count). The second-order valence-corrected chi connectivity index (χ2v) is 6.69. The summed E-state index contributed by atoms with van der Waals surface area (Å²) in [5.41, 5.74) is 2.12. The fourth-order valence-corrected chi connectivity index (χ4v) is 3.19. The molecular formula is C22H26N2O5. The number of nitrogens with zero attached hydrogens (tertiary/aromatic N) is 1. The van der Waals surface area contributed by atoms with Crippen LogP contribution in [0, 0.1) is 0 Å². The highest BCUT2D eigenvalue weighted by atomic mass is 16.5. The van der Waals surface area contributed by atoms with Gasteiger partial charge in [-0.05, 0) is 30.3 Å². The Kier molecular flexibility index (Phi) is 7.08. The van der Waals surface area contributed by atoms with E-state index in [-0.39, 0.29) is 24.5 Å². The number of benzene rings is 2. The lowest BCUT2D eigenvalue weighted by Gasteiger charge is -2.29. The van der Waals surface area contributed by atoms with Gasteiger partial charge in [0.15, 0.2) is 5.78 Å². The molecule has 1 fully saturated rings. The van der Waals surface area contributed by atoms with Crippen molar-refractivity contribution in [3.8, 4) is 11.5 Å². The first-order chi connectivity index (χ1) is 14.1. The van der Waals surface area contributed by atoms with Gasteiger partial charge in [0.1, 0.15) is 11.5 Å². The minimum Gasteiger partial charge on any atom is -0.497 e. The van der Waals surface area contributed by atoms with Gasteiger partial charge < -0.3 is 24.4 Å². The summed E-state index contributed by atoms with van der Waals surface area (Å²) in [6.07, 6.45) is 0.200. The number of hydrogen-bond acceptors (Lipinski definition) is 6. The number of rotatable bonds is 8. The number of anilines is 2. The average Bonchev–Trinajstić information content (AvgIpc) is 2.78. The van der Waals surface area contributed by atoms with Crippen LogP contribution in [0.4, 0.5) is 11.4 Å². The summed E-state index contributed by atoms with van der Waals surface area (Å²) in [6.45, 7) is 2.96. The van der Waals surface area contributed by atoms with Crippen molar-refractivity contribution < 1.29 is 23.8 Å². The summed E-state index contributed by atoms with van der Waals surface area (Å²) in [5.74, 6) is 0.853. The molecule has 7 heteroatoms. The molecule has 0 bridgehead atoms. The van der Waals surface area contributed by atoms with Gasteiger partial charge >= 0.3 is 0 Å². The normalized spacial score (nSPS) is 13.7. The van der Waals surface area contributed by atoms with E-state index in [1.54, 1.807) is 38.5 Å². The number of nitrogens with one attached hydrogen (secondary N) is 1. The van der Waals surface area contributed by atoms with E-state index in [9.17, 15) is 9.59 Å². The Labute approximate surface area is 170 Å². The lowest BCUT2D eigenvalue weighted by atomic mass is 10.1. The second kappa shape index (κ2) is 9.93. The van der Waals surface area contributed by atoms with Crippen LogP contribution in [0.25, 0.3) is 0 Å². The number of carbonyl (C=O) groups excluding carboxylic acids is 2. The molecule has 0 radical (unpaired) electrons. The predicted molar refractivity (Wildman–Crippen MR) is 111 cm³/mol. The molecule has 0 atom stereocenters. The highest BCUT2D eigenvalue weighted by Gasteiger charge is 2.16. The lowest BCUT2D eigenvalue weighted by molar-refractivity contribution is -0.116. The number of ether oxygens (including phenoxy) is 3. The molecule has 1 saturated heterocycles. The largest absolute Gasteiger partial charge is 0.497 e. The Balaban J connectivity index is 1.62. The molecule has 1 amide bonds. The fourth-order valence-electron chi connectivity index (χ4n) is 3.19. The maximum atomic E-state index is 12.4. The number of methoxy groups -OCH3 is 2. The number of morpholine rings is 1. The molecule has 0 unspecified atom stereocenters. The lowest BCUT2D eigenvalue weighted by Crippen LogP contribution is -2.36. The first-order valence-corrected chi connectivity index (χ1v) is 9.58. The Morgan fingerprint density at radius 2 is 1.83 bits per heavy atom. The molecule has 0 aliphatic carbocycles. The summed E-state index contributed by atoms with van der Waals surface area (Å²) in [6, 6.07) is 12.6. The van der Waals surface area contributed by atoms with Gasteiger partial charge in [0.2, 0.25) is 5.91 Å². The zero-order valence-electron chi connectivity index (χ0n) is 16.8. The maximum Gasteiger partial charge on any atom is 0.224 e. The van der Waals surface area contributed by atoms with Crippen LogP contribution in [0.2, 0.25) is 0 Å². The molecule has 0 saturated carbocycles. The van der Waals surface area contributed by atoms with Crippen molar-refractivity contribution in [1.29, 1.82) is 0 Å². The third kappa shape index (κ3) is 5.48. The minimum atomic E-state index is -0.237. The van der Waals surface area contributed by atoms with Gasteiger partial charge in [-0.3, -0.25) is 9.59 Å². The topological polar surface area (TPSA) is 77.1 Å². The standard InChI is InChI=1S/C22H26N2O5/c1-27-18-5-3-4-16(14-18)20(25)7-9-22(26)23-19-15-17(6-8-21(19)28-2)24-10-12-29-13-11-24/h3-6,8,14-15H,7,9-13H2,1-2H3,(H,23,26). The van der Waals surface area contributed by atoms with Gasteiger partial charge in [-0.15, -0.1) is 0 Å². The van der Waals surface area contributed by atoms with Gasteiger partial charge in [0.05, 0.1) is 33.1 Å². The number of ketones is 1. The van der Waals surface area contributed by atoms with E-state index >= 15 is 0 Å². The van der Waals surface area contributed by atoms with Crippen molar-refractivity contribution >= 4 is 23.1 Å². The molecule has 29 heavy (non-hydrogen) atoms. The van der Waals surface area contributed by atoms with Crippen LogP contribution in [0.3, 0.4) is 0 Å². The van der Waals surface area contributed by atoms with E-state index in [0.717, 1.165) is 18.8 Å². The van der Waals surface area contributed by atoms with Gasteiger partial charge in [0, 0.05) is 37.2 Å². The Hall–Kier alpha value is -3.06. The quantitative estimate of drug-likeness (QED) is 0.689. The van der Waals surface area contributed by atoms with Gasteiger partial charge in [-0.2, -0.15) is 0 Å². The predicted octanol–water partition coefficient (Wildman–Crippen LogP) is 3.14.